The van der Waals surface area contributed by atoms with E-state index in [0.29, 0.717) is 32.8 Å². The molecule has 6 heteroatoms. The first-order valence-corrected chi connectivity index (χ1v) is 11.5. The second-order valence-corrected chi connectivity index (χ2v) is 8.61. The van der Waals surface area contributed by atoms with E-state index < -0.39 is 5.41 Å². The van der Waals surface area contributed by atoms with Crippen molar-refractivity contribution >= 4 is 5.91 Å². The maximum atomic E-state index is 12.5. The van der Waals surface area contributed by atoms with Crippen molar-refractivity contribution in [2.45, 2.75) is 11.8 Å². The predicted octanol–water partition coefficient (Wildman–Crippen LogP) is 2.36. The van der Waals surface area contributed by atoms with E-state index in [1.807, 2.05) is 41.3 Å². The molecule has 4 rings (SSSR count). The summed E-state index contributed by atoms with van der Waals surface area (Å²) in [5.41, 5.74) is 1.43. The van der Waals surface area contributed by atoms with E-state index >= 15 is 0 Å². The van der Waals surface area contributed by atoms with Crippen molar-refractivity contribution in [2.24, 2.45) is 0 Å². The molecule has 0 unspecified atom stereocenters. The lowest BCUT2D eigenvalue weighted by atomic mass is 9.73. The summed E-state index contributed by atoms with van der Waals surface area (Å²) in [5, 5.41) is 10.4. The van der Waals surface area contributed by atoms with Gasteiger partial charge < -0.3 is 14.5 Å². The Balaban J connectivity index is 1.36. The minimum absolute atomic E-state index is 0.207. The van der Waals surface area contributed by atoms with Crippen molar-refractivity contribution in [3.8, 4) is 6.07 Å². The number of rotatable bonds is 7. The average Bonchev–Trinajstić information content (AvgIpc) is 2.87. The summed E-state index contributed by atoms with van der Waals surface area (Å²) in [6.07, 6.45) is 0.740. The molecular formula is C26H32N4O2. The van der Waals surface area contributed by atoms with Crippen LogP contribution in [0.1, 0.15) is 17.5 Å². The number of benzene rings is 2. The van der Waals surface area contributed by atoms with Gasteiger partial charge in [0.1, 0.15) is 5.41 Å². The largest absolute Gasteiger partial charge is 0.378 e. The van der Waals surface area contributed by atoms with Crippen LogP contribution in [0.3, 0.4) is 0 Å². The summed E-state index contributed by atoms with van der Waals surface area (Å²) < 4.78 is 5.34. The van der Waals surface area contributed by atoms with E-state index in [4.69, 9.17) is 4.74 Å². The molecule has 0 radical (unpaired) electrons. The highest BCUT2D eigenvalue weighted by Gasteiger charge is 2.35. The Morgan fingerprint density at radius 3 is 1.91 bits per heavy atom. The van der Waals surface area contributed by atoms with Gasteiger partial charge in [-0.25, -0.2) is 0 Å². The van der Waals surface area contributed by atoms with E-state index in [1.54, 1.807) is 0 Å². The van der Waals surface area contributed by atoms with Gasteiger partial charge in [0.05, 0.1) is 25.8 Å². The second kappa shape index (κ2) is 10.7. The SMILES string of the molecule is N#CC(CCN1CCN(CC(=O)N2CCOCC2)CC1)(c1ccccc1)c1ccccc1. The minimum atomic E-state index is -0.661. The Morgan fingerprint density at radius 2 is 1.38 bits per heavy atom. The minimum Gasteiger partial charge on any atom is -0.378 e. The molecule has 6 nitrogen and oxygen atoms in total. The van der Waals surface area contributed by atoms with Gasteiger partial charge in [0, 0.05) is 45.8 Å². The van der Waals surface area contributed by atoms with E-state index in [2.05, 4.69) is 40.1 Å². The molecule has 32 heavy (non-hydrogen) atoms. The van der Waals surface area contributed by atoms with E-state index in [-0.39, 0.29) is 5.91 Å². The van der Waals surface area contributed by atoms with Gasteiger partial charge in [-0.05, 0) is 17.5 Å². The smallest absolute Gasteiger partial charge is 0.236 e. The number of carbonyl (C=O) groups excluding carboxylic acids is 1. The van der Waals surface area contributed by atoms with Crippen molar-refractivity contribution in [2.75, 3.05) is 65.6 Å². The van der Waals surface area contributed by atoms with Crippen LogP contribution in [0.15, 0.2) is 60.7 Å². The fourth-order valence-corrected chi connectivity index (χ4v) is 4.69. The molecule has 2 aromatic carbocycles. The standard InChI is InChI=1S/C26H32N4O2/c27-22-26(23-7-3-1-4-8-23,24-9-5-2-6-10-24)11-12-28-13-15-29(16-14-28)21-25(31)30-17-19-32-20-18-30/h1-10H,11-21H2. The molecule has 0 spiro atoms. The molecule has 0 atom stereocenters. The summed E-state index contributed by atoms with van der Waals surface area (Å²) in [4.78, 5) is 19.1. The average molecular weight is 433 g/mol. The lowest BCUT2D eigenvalue weighted by Gasteiger charge is -2.37. The zero-order valence-electron chi connectivity index (χ0n) is 18.7. The molecule has 2 aromatic rings. The fourth-order valence-electron chi connectivity index (χ4n) is 4.69. The fraction of sp³-hybridized carbons (Fsp3) is 0.462. The summed E-state index contributed by atoms with van der Waals surface area (Å²) in [5.74, 6) is 0.207. The molecule has 1 amide bonds. The molecule has 0 N–H and O–H groups in total. The number of hydrogen-bond acceptors (Lipinski definition) is 5. The highest BCUT2D eigenvalue weighted by Crippen LogP contribution is 2.35. The lowest BCUT2D eigenvalue weighted by Crippen LogP contribution is -2.52. The van der Waals surface area contributed by atoms with Crippen molar-refractivity contribution in [3.05, 3.63) is 71.8 Å². The summed E-state index contributed by atoms with van der Waals surface area (Å²) in [7, 11) is 0. The van der Waals surface area contributed by atoms with Gasteiger partial charge in [-0.15, -0.1) is 0 Å². The van der Waals surface area contributed by atoms with Crippen LogP contribution in [0.2, 0.25) is 0 Å². The highest BCUT2D eigenvalue weighted by atomic mass is 16.5. The van der Waals surface area contributed by atoms with Crippen LogP contribution in [-0.2, 0) is 14.9 Å². The van der Waals surface area contributed by atoms with Crippen LogP contribution >= 0.6 is 0 Å². The van der Waals surface area contributed by atoms with Gasteiger partial charge in [-0.2, -0.15) is 5.26 Å². The normalized spacial score (nSPS) is 18.3. The Labute approximate surface area is 191 Å². The van der Waals surface area contributed by atoms with Gasteiger partial charge in [-0.3, -0.25) is 9.69 Å². The van der Waals surface area contributed by atoms with Gasteiger partial charge >= 0.3 is 0 Å². The Hall–Kier alpha value is -2.72. The zero-order valence-corrected chi connectivity index (χ0v) is 18.7. The first-order chi connectivity index (χ1) is 15.7. The van der Waals surface area contributed by atoms with E-state index in [0.717, 1.165) is 50.3 Å². The number of nitriles is 1. The van der Waals surface area contributed by atoms with Crippen molar-refractivity contribution in [1.82, 2.24) is 14.7 Å². The molecule has 0 aliphatic carbocycles. The van der Waals surface area contributed by atoms with Crippen LogP contribution < -0.4 is 0 Å². The van der Waals surface area contributed by atoms with Crippen molar-refractivity contribution < 1.29 is 9.53 Å². The monoisotopic (exact) mass is 432 g/mol. The summed E-state index contributed by atoms with van der Waals surface area (Å²) in [6, 6.07) is 22.9. The summed E-state index contributed by atoms with van der Waals surface area (Å²) >= 11 is 0. The molecule has 0 aromatic heterocycles. The van der Waals surface area contributed by atoms with Crippen LogP contribution in [-0.4, -0.2) is 86.2 Å². The molecule has 2 heterocycles. The first kappa shape index (κ1) is 22.5. The predicted molar refractivity (Wildman–Crippen MR) is 124 cm³/mol. The maximum absolute atomic E-state index is 12.5. The third-order valence-corrected chi connectivity index (χ3v) is 6.71. The van der Waals surface area contributed by atoms with Crippen LogP contribution in [0, 0.1) is 11.3 Å². The van der Waals surface area contributed by atoms with Crippen LogP contribution in [0.4, 0.5) is 0 Å². The first-order valence-electron chi connectivity index (χ1n) is 11.5. The molecule has 168 valence electrons. The number of piperazine rings is 1. The topological polar surface area (TPSA) is 59.8 Å². The molecule has 0 saturated carbocycles. The summed E-state index contributed by atoms with van der Waals surface area (Å²) in [6.45, 7) is 7.63. The molecule has 0 bridgehead atoms. The van der Waals surface area contributed by atoms with Gasteiger partial charge in [0.2, 0.25) is 5.91 Å². The molecule has 2 aliphatic heterocycles. The number of hydrogen-bond donors (Lipinski definition) is 0. The van der Waals surface area contributed by atoms with E-state index in [1.165, 1.54) is 0 Å². The van der Waals surface area contributed by atoms with Crippen LogP contribution in [0.5, 0.6) is 0 Å². The maximum Gasteiger partial charge on any atom is 0.236 e. The van der Waals surface area contributed by atoms with Gasteiger partial charge in [0.25, 0.3) is 0 Å². The Kier molecular flexibility index (Phi) is 7.54. The lowest BCUT2D eigenvalue weighted by molar-refractivity contribution is -0.136. The molecular weight excluding hydrogens is 400 g/mol. The van der Waals surface area contributed by atoms with Crippen molar-refractivity contribution in [1.29, 1.82) is 5.26 Å². The second-order valence-electron chi connectivity index (χ2n) is 8.61. The third-order valence-electron chi connectivity index (χ3n) is 6.71. The molecule has 2 fully saturated rings. The number of morpholine rings is 1. The number of nitrogens with zero attached hydrogens (tertiary/aromatic N) is 4. The van der Waals surface area contributed by atoms with Crippen LogP contribution in [0.25, 0.3) is 0 Å². The number of carbonyl (C=O) groups is 1. The molecule has 2 saturated heterocycles. The van der Waals surface area contributed by atoms with Crippen molar-refractivity contribution in [3.63, 3.8) is 0 Å². The quantitative estimate of drug-likeness (QED) is 0.672. The van der Waals surface area contributed by atoms with Gasteiger partial charge in [-0.1, -0.05) is 60.7 Å². The third kappa shape index (κ3) is 5.18. The number of amides is 1. The Morgan fingerprint density at radius 1 is 0.844 bits per heavy atom. The number of ether oxygens (including phenoxy) is 1. The molecule has 2 aliphatic rings. The van der Waals surface area contributed by atoms with Gasteiger partial charge in [0.15, 0.2) is 0 Å². The zero-order chi connectivity index (χ0) is 22.2. The Bertz CT molecular complexity index is 859. The van der Waals surface area contributed by atoms with E-state index in [9.17, 15) is 10.1 Å². The highest BCUT2D eigenvalue weighted by molar-refractivity contribution is 5.78.